The standard InChI is InChI=1S/C16H17ClN2OS/c1-16(2)7-12-14(13(20)8-16)21-15(19-12)18-9-10-3-5-11(17)6-4-10/h3-6H,7-9H2,1-2H3,(H,18,19). The number of halogens is 1. The summed E-state index contributed by atoms with van der Waals surface area (Å²) >= 11 is 7.34. The van der Waals surface area contributed by atoms with Crippen LogP contribution in [0.5, 0.6) is 0 Å². The van der Waals surface area contributed by atoms with Crippen LogP contribution in [0.4, 0.5) is 5.13 Å². The van der Waals surface area contributed by atoms with Crippen LogP contribution in [-0.4, -0.2) is 10.8 Å². The first kappa shape index (κ1) is 14.5. The predicted molar refractivity (Wildman–Crippen MR) is 87.3 cm³/mol. The first-order chi connectivity index (χ1) is 9.93. The van der Waals surface area contributed by atoms with E-state index in [2.05, 4.69) is 24.1 Å². The molecule has 0 saturated carbocycles. The maximum Gasteiger partial charge on any atom is 0.183 e. The Morgan fingerprint density at radius 3 is 2.71 bits per heavy atom. The number of Topliss-reactive ketones (excluding diaryl/α,β-unsaturated/α-hetero) is 1. The van der Waals surface area contributed by atoms with Gasteiger partial charge < -0.3 is 5.32 Å². The molecule has 1 N–H and O–H groups in total. The van der Waals surface area contributed by atoms with Gasteiger partial charge in [0.15, 0.2) is 10.9 Å². The number of thiazole rings is 1. The SMILES string of the molecule is CC1(C)CC(=O)c2sc(NCc3ccc(Cl)cc3)nc2C1. The summed E-state index contributed by atoms with van der Waals surface area (Å²) in [5, 5.41) is 4.85. The Bertz CT molecular complexity index is 676. The van der Waals surface area contributed by atoms with E-state index in [0.29, 0.717) is 13.0 Å². The van der Waals surface area contributed by atoms with Crippen LogP contribution in [0.1, 0.15) is 41.2 Å². The van der Waals surface area contributed by atoms with Crippen LogP contribution in [0.3, 0.4) is 0 Å². The molecule has 1 aliphatic carbocycles. The molecule has 1 aromatic carbocycles. The molecule has 0 bridgehead atoms. The molecule has 0 aliphatic heterocycles. The molecule has 0 radical (unpaired) electrons. The van der Waals surface area contributed by atoms with E-state index in [4.69, 9.17) is 11.6 Å². The number of benzene rings is 1. The molecule has 0 saturated heterocycles. The Balaban J connectivity index is 1.73. The third-order valence-electron chi connectivity index (χ3n) is 3.59. The molecule has 21 heavy (non-hydrogen) atoms. The van der Waals surface area contributed by atoms with Crippen LogP contribution in [0.15, 0.2) is 24.3 Å². The summed E-state index contributed by atoms with van der Waals surface area (Å²) in [5.41, 5.74) is 2.10. The molecule has 1 aliphatic rings. The van der Waals surface area contributed by atoms with Crippen molar-refractivity contribution in [1.82, 2.24) is 4.98 Å². The van der Waals surface area contributed by atoms with Crippen LogP contribution in [0, 0.1) is 5.41 Å². The molecule has 1 aromatic heterocycles. The summed E-state index contributed by atoms with van der Waals surface area (Å²) in [7, 11) is 0. The van der Waals surface area contributed by atoms with Gasteiger partial charge in [-0.05, 0) is 29.5 Å². The fourth-order valence-electron chi connectivity index (χ4n) is 2.58. The summed E-state index contributed by atoms with van der Waals surface area (Å²) in [6.07, 6.45) is 1.48. The molecule has 0 atom stereocenters. The van der Waals surface area contributed by atoms with Gasteiger partial charge in [-0.3, -0.25) is 4.79 Å². The van der Waals surface area contributed by atoms with Crippen LogP contribution in [0.2, 0.25) is 5.02 Å². The lowest BCUT2D eigenvalue weighted by atomic mass is 9.78. The van der Waals surface area contributed by atoms with Crippen LogP contribution < -0.4 is 5.32 Å². The number of nitrogens with one attached hydrogen (secondary N) is 1. The zero-order chi connectivity index (χ0) is 15.0. The number of carbonyl (C=O) groups excluding carboxylic acids is 1. The van der Waals surface area contributed by atoms with Gasteiger partial charge in [-0.25, -0.2) is 4.98 Å². The van der Waals surface area contributed by atoms with Crippen molar-refractivity contribution in [1.29, 1.82) is 0 Å². The van der Waals surface area contributed by atoms with E-state index >= 15 is 0 Å². The van der Waals surface area contributed by atoms with Gasteiger partial charge in [0, 0.05) is 18.0 Å². The number of hydrogen-bond acceptors (Lipinski definition) is 4. The molecule has 0 unspecified atom stereocenters. The number of ketones is 1. The third-order valence-corrected chi connectivity index (χ3v) is 4.94. The highest BCUT2D eigenvalue weighted by Gasteiger charge is 2.33. The maximum atomic E-state index is 12.2. The second-order valence-corrected chi connectivity index (χ2v) is 7.65. The summed E-state index contributed by atoms with van der Waals surface area (Å²) in [6, 6.07) is 7.71. The Morgan fingerprint density at radius 2 is 2.00 bits per heavy atom. The van der Waals surface area contributed by atoms with Gasteiger partial charge in [0.1, 0.15) is 0 Å². The van der Waals surface area contributed by atoms with Gasteiger partial charge in [-0.2, -0.15) is 0 Å². The first-order valence-corrected chi connectivity index (χ1v) is 8.14. The minimum absolute atomic E-state index is 0.0195. The largest absolute Gasteiger partial charge is 0.357 e. The van der Waals surface area contributed by atoms with E-state index in [1.165, 1.54) is 11.3 Å². The zero-order valence-electron chi connectivity index (χ0n) is 12.1. The smallest absolute Gasteiger partial charge is 0.183 e. The molecular weight excluding hydrogens is 304 g/mol. The highest BCUT2D eigenvalue weighted by molar-refractivity contribution is 7.17. The lowest BCUT2D eigenvalue weighted by Crippen LogP contribution is -2.25. The van der Waals surface area contributed by atoms with E-state index < -0.39 is 0 Å². The number of carbonyl (C=O) groups is 1. The Hall–Kier alpha value is -1.39. The van der Waals surface area contributed by atoms with E-state index in [9.17, 15) is 4.79 Å². The van der Waals surface area contributed by atoms with Crippen molar-refractivity contribution in [2.24, 2.45) is 5.41 Å². The molecular formula is C16H17ClN2OS. The van der Waals surface area contributed by atoms with Gasteiger partial charge in [0.2, 0.25) is 0 Å². The fraction of sp³-hybridized carbons (Fsp3) is 0.375. The molecule has 1 heterocycles. The van der Waals surface area contributed by atoms with Gasteiger partial charge in [-0.15, -0.1) is 0 Å². The van der Waals surface area contributed by atoms with E-state index in [1.54, 1.807) is 0 Å². The quantitative estimate of drug-likeness (QED) is 0.901. The lowest BCUT2D eigenvalue weighted by molar-refractivity contribution is 0.0916. The predicted octanol–water partition coefficient (Wildman–Crippen LogP) is 4.56. The molecule has 3 nitrogen and oxygen atoms in total. The van der Waals surface area contributed by atoms with Gasteiger partial charge in [-0.1, -0.05) is 48.9 Å². The fourth-order valence-corrected chi connectivity index (χ4v) is 3.62. The monoisotopic (exact) mass is 320 g/mol. The molecule has 0 amide bonds. The van der Waals surface area contributed by atoms with E-state index in [1.807, 2.05) is 24.3 Å². The molecule has 2 aromatic rings. The van der Waals surface area contributed by atoms with Gasteiger partial charge >= 0.3 is 0 Å². The topological polar surface area (TPSA) is 42.0 Å². The average molecular weight is 321 g/mol. The molecule has 5 heteroatoms. The minimum atomic E-state index is 0.0195. The van der Waals surface area contributed by atoms with Crippen molar-refractivity contribution in [3.8, 4) is 0 Å². The van der Waals surface area contributed by atoms with Gasteiger partial charge in [0.05, 0.1) is 10.6 Å². The average Bonchev–Trinajstić information content (AvgIpc) is 2.80. The Morgan fingerprint density at radius 1 is 1.29 bits per heavy atom. The number of fused-ring (bicyclic) bond motifs is 1. The third kappa shape index (κ3) is 3.27. The van der Waals surface area contributed by atoms with Crippen LogP contribution in [0.25, 0.3) is 0 Å². The first-order valence-electron chi connectivity index (χ1n) is 6.94. The number of rotatable bonds is 3. The Labute approximate surface area is 133 Å². The van der Waals surface area contributed by atoms with Crippen molar-refractivity contribution in [3.05, 3.63) is 45.4 Å². The highest BCUT2D eigenvalue weighted by Crippen LogP contribution is 2.38. The number of nitrogens with zero attached hydrogens (tertiary/aromatic N) is 1. The summed E-state index contributed by atoms with van der Waals surface area (Å²) in [5.74, 6) is 0.221. The van der Waals surface area contributed by atoms with Crippen molar-refractivity contribution < 1.29 is 4.79 Å². The lowest BCUT2D eigenvalue weighted by Gasteiger charge is -2.26. The minimum Gasteiger partial charge on any atom is -0.357 e. The van der Waals surface area contributed by atoms with E-state index in [-0.39, 0.29) is 11.2 Å². The molecule has 3 rings (SSSR count). The van der Waals surface area contributed by atoms with Crippen molar-refractivity contribution in [2.45, 2.75) is 33.2 Å². The Kier molecular flexibility index (Phi) is 3.76. The summed E-state index contributed by atoms with van der Waals surface area (Å²) in [6.45, 7) is 4.92. The normalized spacial score (nSPS) is 16.6. The van der Waals surface area contributed by atoms with Crippen molar-refractivity contribution in [2.75, 3.05) is 5.32 Å². The maximum absolute atomic E-state index is 12.2. The molecule has 0 spiro atoms. The molecule has 110 valence electrons. The van der Waals surface area contributed by atoms with Crippen molar-refractivity contribution >= 4 is 33.9 Å². The van der Waals surface area contributed by atoms with Crippen LogP contribution >= 0.6 is 22.9 Å². The second-order valence-electron chi connectivity index (χ2n) is 6.22. The van der Waals surface area contributed by atoms with Crippen molar-refractivity contribution in [3.63, 3.8) is 0 Å². The summed E-state index contributed by atoms with van der Waals surface area (Å²) < 4.78 is 0. The number of aromatic nitrogens is 1. The molecule has 0 fully saturated rings. The highest BCUT2D eigenvalue weighted by atomic mass is 35.5. The number of hydrogen-bond donors (Lipinski definition) is 1. The number of anilines is 1. The zero-order valence-corrected chi connectivity index (χ0v) is 13.6. The summed E-state index contributed by atoms with van der Waals surface area (Å²) in [4.78, 5) is 17.6. The van der Waals surface area contributed by atoms with Gasteiger partial charge in [0.25, 0.3) is 0 Å². The second kappa shape index (κ2) is 5.43. The van der Waals surface area contributed by atoms with E-state index in [0.717, 1.165) is 32.7 Å². The van der Waals surface area contributed by atoms with Crippen LogP contribution in [-0.2, 0) is 13.0 Å².